The fourth-order valence-electron chi connectivity index (χ4n) is 4.17. The number of benzene rings is 1. The summed E-state index contributed by atoms with van der Waals surface area (Å²) in [6.45, 7) is 2.79. The predicted molar refractivity (Wildman–Crippen MR) is 114 cm³/mol. The van der Waals surface area contributed by atoms with E-state index in [9.17, 15) is 9.59 Å². The molecule has 162 valence electrons. The molecule has 2 aliphatic rings. The minimum atomic E-state index is -0.175. The van der Waals surface area contributed by atoms with Gasteiger partial charge in [-0.1, -0.05) is 18.9 Å². The largest absolute Gasteiger partial charge is 0.493 e. The molecule has 8 heteroatoms. The van der Waals surface area contributed by atoms with Gasteiger partial charge in [0.2, 0.25) is 5.91 Å². The molecule has 0 bridgehead atoms. The molecular weight excluding hydrogens is 394 g/mol. The van der Waals surface area contributed by atoms with Crippen LogP contribution in [-0.4, -0.2) is 44.2 Å². The number of amides is 2. The van der Waals surface area contributed by atoms with Gasteiger partial charge in [-0.3, -0.25) is 9.59 Å². The maximum atomic E-state index is 12.5. The predicted octanol–water partition coefficient (Wildman–Crippen LogP) is 2.17. The van der Waals surface area contributed by atoms with Gasteiger partial charge in [-0.25, -0.2) is 0 Å². The number of likely N-dealkylation sites (N-methyl/N-ethyl adjacent to an activating group) is 1. The van der Waals surface area contributed by atoms with E-state index >= 15 is 0 Å². The van der Waals surface area contributed by atoms with Gasteiger partial charge in [-0.05, 0) is 49.8 Å². The van der Waals surface area contributed by atoms with E-state index in [1.807, 2.05) is 19.1 Å². The summed E-state index contributed by atoms with van der Waals surface area (Å²) in [5.41, 5.74) is 0.922. The van der Waals surface area contributed by atoms with Crippen LogP contribution in [0, 0.1) is 5.92 Å². The standard InChI is InChI=1S/C21H31N3O4.ClH/c1-3-22-20(25)13-28-18-9-8-14(10-19(18)27-2)12-23-21(26)17-11-15-6-4-5-7-16(15)24-17;/h8-10,15-17,24H,3-7,11-13H2,1-2H3,(H,22,25)(H,23,26);1H. The topological polar surface area (TPSA) is 88.7 Å². The van der Waals surface area contributed by atoms with Crippen LogP contribution in [0.5, 0.6) is 11.5 Å². The van der Waals surface area contributed by atoms with Gasteiger partial charge in [0.05, 0.1) is 13.2 Å². The van der Waals surface area contributed by atoms with Crippen molar-refractivity contribution in [2.24, 2.45) is 5.92 Å². The van der Waals surface area contributed by atoms with E-state index in [0.29, 0.717) is 36.5 Å². The quantitative estimate of drug-likeness (QED) is 0.594. The first-order valence-electron chi connectivity index (χ1n) is 10.2. The Kier molecular flexibility index (Phi) is 9.04. The van der Waals surface area contributed by atoms with E-state index in [2.05, 4.69) is 16.0 Å². The highest BCUT2D eigenvalue weighted by Crippen LogP contribution is 2.33. The zero-order chi connectivity index (χ0) is 19.9. The lowest BCUT2D eigenvalue weighted by molar-refractivity contribution is -0.123. The zero-order valence-electron chi connectivity index (χ0n) is 17.2. The summed E-state index contributed by atoms with van der Waals surface area (Å²) in [6.07, 6.45) is 5.90. The first kappa shape index (κ1) is 23.3. The molecule has 3 N–H and O–H groups in total. The second-order valence-corrected chi connectivity index (χ2v) is 7.55. The van der Waals surface area contributed by atoms with Gasteiger partial charge in [0.1, 0.15) is 0 Å². The summed E-state index contributed by atoms with van der Waals surface area (Å²) in [4.78, 5) is 24.1. The average Bonchev–Trinajstić information content (AvgIpc) is 3.15. The van der Waals surface area contributed by atoms with Gasteiger partial charge in [-0.15, -0.1) is 12.4 Å². The molecule has 2 amide bonds. The molecule has 1 aliphatic carbocycles. The third-order valence-electron chi connectivity index (χ3n) is 5.61. The Morgan fingerprint density at radius 2 is 1.97 bits per heavy atom. The van der Waals surface area contributed by atoms with Crippen LogP contribution in [0.1, 0.15) is 44.6 Å². The molecule has 29 heavy (non-hydrogen) atoms. The maximum Gasteiger partial charge on any atom is 0.257 e. The number of halogens is 1. The summed E-state index contributed by atoms with van der Waals surface area (Å²) in [5.74, 6) is 1.58. The Hall–Kier alpha value is -1.99. The molecular formula is C21H32ClN3O4. The smallest absolute Gasteiger partial charge is 0.257 e. The van der Waals surface area contributed by atoms with Crippen LogP contribution in [0.15, 0.2) is 18.2 Å². The summed E-state index contributed by atoms with van der Waals surface area (Å²) in [7, 11) is 1.56. The number of fused-ring (bicyclic) bond motifs is 1. The SMILES string of the molecule is CCNC(=O)COc1ccc(CNC(=O)C2CC3CCCCC3N2)cc1OC.Cl. The first-order chi connectivity index (χ1) is 13.6. The lowest BCUT2D eigenvalue weighted by Gasteiger charge is -2.24. The second-order valence-electron chi connectivity index (χ2n) is 7.55. The van der Waals surface area contributed by atoms with Crippen molar-refractivity contribution in [3.8, 4) is 11.5 Å². The number of hydrogen-bond donors (Lipinski definition) is 3. The molecule has 3 unspecified atom stereocenters. The molecule has 1 saturated carbocycles. The lowest BCUT2D eigenvalue weighted by Crippen LogP contribution is -2.42. The van der Waals surface area contributed by atoms with Gasteiger partial charge in [0, 0.05) is 19.1 Å². The van der Waals surface area contributed by atoms with Crippen molar-refractivity contribution < 1.29 is 19.1 Å². The first-order valence-corrected chi connectivity index (χ1v) is 10.2. The van der Waals surface area contributed by atoms with Crippen molar-refractivity contribution in [3.63, 3.8) is 0 Å². The van der Waals surface area contributed by atoms with Gasteiger partial charge in [0.15, 0.2) is 18.1 Å². The zero-order valence-corrected chi connectivity index (χ0v) is 18.0. The fraction of sp³-hybridized carbons (Fsp3) is 0.619. The monoisotopic (exact) mass is 425 g/mol. The Labute approximate surface area is 178 Å². The highest BCUT2D eigenvalue weighted by molar-refractivity contribution is 5.85. The molecule has 1 saturated heterocycles. The van der Waals surface area contributed by atoms with Crippen LogP contribution in [0.2, 0.25) is 0 Å². The molecule has 1 aromatic rings. The number of carbonyl (C=O) groups is 2. The third-order valence-corrected chi connectivity index (χ3v) is 5.61. The summed E-state index contributed by atoms with van der Waals surface area (Å²) < 4.78 is 10.9. The van der Waals surface area contributed by atoms with Gasteiger partial charge >= 0.3 is 0 Å². The summed E-state index contributed by atoms with van der Waals surface area (Å²) >= 11 is 0. The van der Waals surface area contributed by atoms with Gasteiger partial charge in [-0.2, -0.15) is 0 Å². The van der Waals surface area contributed by atoms with Crippen molar-refractivity contribution in [1.82, 2.24) is 16.0 Å². The normalized spacial score (nSPS) is 22.8. The van der Waals surface area contributed by atoms with Crippen LogP contribution in [0.25, 0.3) is 0 Å². The molecule has 0 spiro atoms. The number of nitrogens with one attached hydrogen (secondary N) is 3. The lowest BCUT2D eigenvalue weighted by atomic mass is 9.85. The van der Waals surface area contributed by atoms with E-state index in [-0.39, 0.29) is 36.9 Å². The van der Waals surface area contributed by atoms with E-state index < -0.39 is 0 Å². The van der Waals surface area contributed by atoms with E-state index in [4.69, 9.17) is 9.47 Å². The van der Waals surface area contributed by atoms with Crippen LogP contribution < -0.4 is 25.4 Å². The number of carbonyl (C=O) groups excluding carboxylic acids is 2. The van der Waals surface area contributed by atoms with Crippen molar-refractivity contribution in [3.05, 3.63) is 23.8 Å². The van der Waals surface area contributed by atoms with Crippen molar-refractivity contribution in [1.29, 1.82) is 0 Å². The minimum Gasteiger partial charge on any atom is -0.493 e. The number of hydrogen-bond acceptors (Lipinski definition) is 5. The van der Waals surface area contributed by atoms with Gasteiger partial charge in [0.25, 0.3) is 5.91 Å². The second kappa shape index (κ2) is 11.3. The molecule has 7 nitrogen and oxygen atoms in total. The van der Waals surface area contributed by atoms with E-state index in [1.54, 1.807) is 13.2 Å². The molecule has 0 radical (unpaired) electrons. The van der Waals surface area contributed by atoms with E-state index in [0.717, 1.165) is 12.0 Å². The Balaban J connectivity index is 0.00000300. The molecule has 2 fully saturated rings. The number of ether oxygens (including phenoxy) is 2. The average molecular weight is 426 g/mol. The molecule has 1 heterocycles. The van der Waals surface area contributed by atoms with Crippen LogP contribution in [-0.2, 0) is 16.1 Å². The van der Waals surface area contributed by atoms with Crippen LogP contribution in [0.3, 0.4) is 0 Å². The number of rotatable bonds is 8. The molecule has 0 aromatic heterocycles. The third kappa shape index (κ3) is 6.24. The van der Waals surface area contributed by atoms with Crippen molar-refractivity contribution >= 4 is 24.2 Å². The summed E-state index contributed by atoms with van der Waals surface area (Å²) in [5, 5.41) is 9.21. The van der Waals surface area contributed by atoms with Crippen molar-refractivity contribution in [2.45, 2.75) is 57.7 Å². The Morgan fingerprint density at radius 3 is 2.69 bits per heavy atom. The molecule has 1 aliphatic heterocycles. The van der Waals surface area contributed by atoms with E-state index in [1.165, 1.54) is 25.7 Å². The van der Waals surface area contributed by atoms with Crippen LogP contribution >= 0.6 is 12.4 Å². The summed E-state index contributed by atoms with van der Waals surface area (Å²) in [6, 6.07) is 5.88. The minimum absolute atomic E-state index is 0. The highest BCUT2D eigenvalue weighted by atomic mass is 35.5. The molecule has 3 rings (SSSR count). The molecule has 1 aromatic carbocycles. The number of methoxy groups -OCH3 is 1. The fourth-order valence-corrected chi connectivity index (χ4v) is 4.17. The van der Waals surface area contributed by atoms with Gasteiger partial charge < -0.3 is 25.4 Å². The Bertz CT molecular complexity index is 687. The van der Waals surface area contributed by atoms with Crippen LogP contribution in [0.4, 0.5) is 0 Å². The van der Waals surface area contributed by atoms with Crippen molar-refractivity contribution in [2.75, 3.05) is 20.3 Å². The highest BCUT2D eigenvalue weighted by Gasteiger charge is 2.37. The Morgan fingerprint density at radius 1 is 1.17 bits per heavy atom. The maximum absolute atomic E-state index is 12.5. The molecule has 3 atom stereocenters.